The Bertz CT molecular complexity index is 1090. The SMILES string of the molecule is O=C(CSc1nnc(COc2ccccc2Cl)n1C1CC1)Nc1ccccc1OC(F)F. The number of anilines is 1. The number of amides is 1. The molecule has 2 aromatic carbocycles. The highest BCUT2D eigenvalue weighted by atomic mass is 35.5. The van der Waals surface area contributed by atoms with Crippen molar-refractivity contribution >= 4 is 35.0 Å². The normalized spacial score (nSPS) is 13.2. The van der Waals surface area contributed by atoms with Crippen molar-refractivity contribution in [3.8, 4) is 11.5 Å². The quantitative estimate of drug-likeness (QED) is 0.403. The fraction of sp³-hybridized carbons (Fsp3) is 0.286. The van der Waals surface area contributed by atoms with Crippen molar-refractivity contribution in [1.82, 2.24) is 14.8 Å². The molecule has 1 aliphatic carbocycles. The predicted molar refractivity (Wildman–Crippen MR) is 117 cm³/mol. The Morgan fingerprint density at radius 2 is 1.88 bits per heavy atom. The standard InChI is InChI=1S/C21H19ClF2N4O3S/c22-14-5-1-3-7-16(14)30-11-18-26-27-21(28(18)13-9-10-13)32-12-19(29)25-15-6-2-4-8-17(15)31-20(23)24/h1-8,13,20H,9-12H2,(H,25,29). The topological polar surface area (TPSA) is 78.3 Å². The van der Waals surface area contributed by atoms with Crippen LogP contribution in [0.4, 0.5) is 14.5 Å². The molecule has 168 valence electrons. The average Bonchev–Trinajstić information content (AvgIpc) is 3.52. The Kier molecular flexibility index (Phi) is 7.11. The van der Waals surface area contributed by atoms with Crippen LogP contribution in [-0.2, 0) is 11.4 Å². The second kappa shape index (κ2) is 10.2. The molecule has 1 amide bonds. The number of para-hydroxylation sites is 3. The zero-order valence-corrected chi connectivity index (χ0v) is 18.3. The van der Waals surface area contributed by atoms with Gasteiger partial charge in [-0.1, -0.05) is 47.6 Å². The van der Waals surface area contributed by atoms with Crippen molar-refractivity contribution in [3.63, 3.8) is 0 Å². The minimum Gasteiger partial charge on any atom is -0.484 e. The van der Waals surface area contributed by atoms with Gasteiger partial charge in [-0.3, -0.25) is 9.36 Å². The zero-order chi connectivity index (χ0) is 22.5. The van der Waals surface area contributed by atoms with Crippen LogP contribution in [0.3, 0.4) is 0 Å². The van der Waals surface area contributed by atoms with Gasteiger partial charge in [-0.25, -0.2) is 0 Å². The summed E-state index contributed by atoms with van der Waals surface area (Å²) >= 11 is 7.35. The molecular formula is C21H19ClF2N4O3S. The third-order valence-corrected chi connectivity index (χ3v) is 5.81. The number of hydrogen-bond donors (Lipinski definition) is 1. The van der Waals surface area contributed by atoms with Crippen molar-refractivity contribution in [3.05, 3.63) is 59.4 Å². The summed E-state index contributed by atoms with van der Waals surface area (Å²) < 4.78 is 37.3. The molecule has 11 heteroatoms. The van der Waals surface area contributed by atoms with E-state index in [1.807, 2.05) is 16.7 Å². The van der Waals surface area contributed by atoms with Crippen LogP contribution in [0.25, 0.3) is 0 Å². The summed E-state index contributed by atoms with van der Waals surface area (Å²) in [4.78, 5) is 12.4. The lowest BCUT2D eigenvalue weighted by Gasteiger charge is -2.12. The minimum atomic E-state index is -2.98. The molecule has 0 atom stereocenters. The first-order chi connectivity index (χ1) is 15.5. The molecule has 1 N–H and O–H groups in total. The molecule has 3 aromatic rings. The van der Waals surface area contributed by atoms with E-state index in [9.17, 15) is 13.6 Å². The Balaban J connectivity index is 1.39. The van der Waals surface area contributed by atoms with Gasteiger partial charge in [-0.05, 0) is 37.1 Å². The van der Waals surface area contributed by atoms with Gasteiger partial charge in [0.2, 0.25) is 5.91 Å². The van der Waals surface area contributed by atoms with Crippen LogP contribution in [0, 0.1) is 0 Å². The second-order valence-electron chi connectivity index (χ2n) is 6.93. The highest BCUT2D eigenvalue weighted by Crippen LogP contribution is 2.39. The lowest BCUT2D eigenvalue weighted by molar-refractivity contribution is -0.113. The van der Waals surface area contributed by atoms with Gasteiger partial charge in [0.15, 0.2) is 11.0 Å². The van der Waals surface area contributed by atoms with E-state index >= 15 is 0 Å². The van der Waals surface area contributed by atoms with Gasteiger partial charge in [0.05, 0.1) is 16.5 Å². The number of carbonyl (C=O) groups excluding carboxylic acids is 1. The monoisotopic (exact) mass is 480 g/mol. The van der Waals surface area contributed by atoms with Crippen LogP contribution in [0.5, 0.6) is 11.5 Å². The van der Waals surface area contributed by atoms with Crippen molar-refractivity contribution < 1.29 is 23.0 Å². The van der Waals surface area contributed by atoms with E-state index < -0.39 is 6.61 Å². The van der Waals surface area contributed by atoms with Crippen molar-refractivity contribution in [1.29, 1.82) is 0 Å². The van der Waals surface area contributed by atoms with Gasteiger partial charge in [0.1, 0.15) is 18.1 Å². The maximum Gasteiger partial charge on any atom is 0.387 e. The number of hydrogen-bond acceptors (Lipinski definition) is 6. The van der Waals surface area contributed by atoms with Gasteiger partial charge in [0, 0.05) is 6.04 Å². The molecule has 7 nitrogen and oxygen atoms in total. The number of ether oxygens (including phenoxy) is 2. The number of benzene rings is 2. The molecule has 1 heterocycles. The average molecular weight is 481 g/mol. The summed E-state index contributed by atoms with van der Waals surface area (Å²) in [6.45, 7) is -2.79. The molecular weight excluding hydrogens is 462 g/mol. The minimum absolute atomic E-state index is 0.0270. The fourth-order valence-electron chi connectivity index (χ4n) is 2.99. The third-order valence-electron chi connectivity index (χ3n) is 4.55. The predicted octanol–water partition coefficient (Wildman–Crippen LogP) is 5.18. The van der Waals surface area contributed by atoms with Crippen LogP contribution in [-0.4, -0.2) is 33.0 Å². The molecule has 1 aromatic heterocycles. The number of carbonyl (C=O) groups is 1. The lowest BCUT2D eigenvalue weighted by Crippen LogP contribution is -2.16. The number of nitrogens with zero attached hydrogens (tertiary/aromatic N) is 3. The van der Waals surface area contributed by atoms with Gasteiger partial charge in [-0.2, -0.15) is 8.78 Å². The molecule has 0 aliphatic heterocycles. The Morgan fingerprint density at radius 3 is 2.59 bits per heavy atom. The van der Waals surface area contributed by atoms with E-state index in [-0.39, 0.29) is 35.7 Å². The number of thioether (sulfide) groups is 1. The number of aromatic nitrogens is 3. The maximum absolute atomic E-state index is 12.6. The molecule has 1 fully saturated rings. The molecule has 0 bridgehead atoms. The van der Waals surface area contributed by atoms with E-state index in [0.29, 0.717) is 21.8 Å². The summed E-state index contributed by atoms with van der Waals surface area (Å²) in [7, 11) is 0. The molecule has 0 radical (unpaired) electrons. The summed E-state index contributed by atoms with van der Waals surface area (Å²) in [6.07, 6.45) is 1.99. The van der Waals surface area contributed by atoms with Crippen LogP contribution in [0.1, 0.15) is 24.7 Å². The Hall–Kier alpha value is -2.85. The zero-order valence-electron chi connectivity index (χ0n) is 16.7. The van der Waals surface area contributed by atoms with E-state index in [1.165, 1.54) is 23.9 Å². The first-order valence-electron chi connectivity index (χ1n) is 9.79. The molecule has 4 rings (SSSR count). The van der Waals surface area contributed by atoms with Crippen molar-refractivity contribution in [2.45, 2.75) is 37.3 Å². The summed E-state index contributed by atoms with van der Waals surface area (Å²) in [5.41, 5.74) is 0.177. The number of nitrogens with one attached hydrogen (secondary N) is 1. The van der Waals surface area contributed by atoms with E-state index in [2.05, 4.69) is 20.3 Å². The maximum atomic E-state index is 12.6. The van der Waals surface area contributed by atoms with Gasteiger partial charge >= 0.3 is 6.61 Å². The largest absolute Gasteiger partial charge is 0.484 e. The molecule has 1 saturated carbocycles. The van der Waals surface area contributed by atoms with Gasteiger partial charge in [0.25, 0.3) is 0 Å². The van der Waals surface area contributed by atoms with Crippen LogP contribution in [0.15, 0.2) is 53.7 Å². The highest BCUT2D eigenvalue weighted by molar-refractivity contribution is 7.99. The summed E-state index contributed by atoms with van der Waals surface area (Å²) in [5.74, 6) is 0.753. The first kappa shape index (κ1) is 22.3. The highest BCUT2D eigenvalue weighted by Gasteiger charge is 2.30. The molecule has 1 aliphatic rings. The number of alkyl halides is 2. The first-order valence-corrected chi connectivity index (χ1v) is 11.1. The molecule has 32 heavy (non-hydrogen) atoms. The summed E-state index contributed by atoms with van der Waals surface area (Å²) in [5, 5.41) is 12.1. The van der Waals surface area contributed by atoms with Crippen molar-refractivity contribution in [2.75, 3.05) is 11.1 Å². The molecule has 0 spiro atoms. The Morgan fingerprint density at radius 1 is 1.16 bits per heavy atom. The van der Waals surface area contributed by atoms with Gasteiger partial charge < -0.3 is 14.8 Å². The van der Waals surface area contributed by atoms with Crippen LogP contribution >= 0.6 is 23.4 Å². The summed E-state index contributed by atoms with van der Waals surface area (Å²) in [6, 6.07) is 13.5. The number of rotatable bonds is 10. The molecule has 0 saturated heterocycles. The third kappa shape index (κ3) is 5.68. The van der Waals surface area contributed by atoms with E-state index in [0.717, 1.165) is 12.8 Å². The van der Waals surface area contributed by atoms with E-state index in [1.54, 1.807) is 24.3 Å². The van der Waals surface area contributed by atoms with Crippen LogP contribution in [0.2, 0.25) is 5.02 Å². The number of halogens is 3. The second-order valence-corrected chi connectivity index (χ2v) is 8.28. The van der Waals surface area contributed by atoms with Crippen LogP contribution < -0.4 is 14.8 Å². The smallest absolute Gasteiger partial charge is 0.387 e. The van der Waals surface area contributed by atoms with E-state index in [4.69, 9.17) is 16.3 Å². The van der Waals surface area contributed by atoms with Crippen molar-refractivity contribution in [2.24, 2.45) is 0 Å². The fourth-order valence-corrected chi connectivity index (χ4v) is 4.01. The molecule has 0 unspecified atom stereocenters. The van der Waals surface area contributed by atoms with Gasteiger partial charge in [-0.15, -0.1) is 10.2 Å². The lowest BCUT2D eigenvalue weighted by atomic mass is 10.3. The Labute approximate surface area is 192 Å².